The Morgan fingerprint density at radius 2 is 1.69 bits per heavy atom. The lowest BCUT2D eigenvalue weighted by atomic mass is 9.96. The van der Waals surface area contributed by atoms with E-state index in [2.05, 4.69) is 49.7 Å². The van der Waals surface area contributed by atoms with E-state index in [0.717, 1.165) is 31.0 Å². The molecule has 0 N–H and O–H groups in total. The lowest BCUT2D eigenvalue weighted by Gasteiger charge is -2.38. The number of rotatable bonds is 7. The predicted octanol–water partition coefficient (Wildman–Crippen LogP) is 5.58. The molecule has 1 aromatic heterocycles. The summed E-state index contributed by atoms with van der Waals surface area (Å²) in [5.74, 6) is 2.16. The molecule has 6 nitrogen and oxygen atoms in total. The lowest BCUT2D eigenvalue weighted by Crippen LogP contribution is -2.49. The molecule has 2 aromatic carbocycles. The third kappa shape index (κ3) is 5.49. The Hall–Kier alpha value is -3.38. The normalized spacial score (nSPS) is 15.1. The standard InChI is InChI=1S/C29H35N3O3/c1-6-23-7-10-25(11-8-23)35-28-14-9-24(19-30-28)29(33)32-17-15-31(16-18-32)22(4)26-12-13-27(34-5)21(3)20(26)2/h7-14,19,22H,6,15-18H2,1-5H3. The van der Waals surface area contributed by atoms with Crippen LogP contribution in [0.25, 0.3) is 0 Å². The fourth-order valence-corrected chi connectivity index (χ4v) is 4.66. The topological polar surface area (TPSA) is 54.9 Å². The number of carbonyl (C=O) groups is 1. The van der Waals surface area contributed by atoms with Gasteiger partial charge < -0.3 is 14.4 Å². The molecule has 1 unspecified atom stereocenters. The lowest BCUT2D eigenvalue weighted by molar-refractivity contribution is 0.0581. The van der Waals surface area contributed by atoms with Crippen LogP contribution >= 0.6 is 0 Å². The first kappa shape index (κ1) is 24.7. The molecule has 1 saturated heterocycles. The third-order valence-corrected chi connectivity index (χ3v) is 7.14. The van der Waals surface area contributed by atoms with Gasteiger partial charge >= 0.3 is 0 Å². The van der Waals surface area contributed by atoms with Gasteiger partial charge in [0.1, 0.15) is 11.5 Å². The van der Waals surface area contributed by atoms with Gasteiger partial charge in [-0.05, 0) is 73.7 Å². The van der Waals surface area contributed by atoms with Crippen molar-refractivity contribution in [3.63, 3.8) is 0 Å². The van der Waals surface area contributed by atoms with Gasteiger partial charge in [0.15, 0.2) is 0 Å². The van der Waals surface area contributed by atoms with Crippen LogP contribution in [0.4, 0.5) is 0 Å². The monoisotopic (exact) mass is 473 g/mol. The van der Waals surface area contributed by atoms with Crippen molar-refractivity contribution >= 4 is 5.91 Å². The molecule has 0 aliphatic carbocycles. The Bertz CT molecular complexity index is 1150. The summed E-state index contributed by atoms with van der Waals surface area (Å²) in [4.78, 5) is 21.8. The van der Waals surface area contributed by atoms with Crippen LogP contribution in [-0.2, 0) is 6.42 Å². The van der Waals surface area contributed by atoms with Gasteiger partial charge in [-0.15, -0.1) is 0 Å². The largest absolute Gasteiger partial charge is 0.496 e. The molecule has 0 bridgehead atoms. The van der Waals surface area contributed by atoms with E-state index in [0.29, 0.717) is 24.5 Å². The zero-order valence-corrected chi connectivity index (χ0v) is 21.4. The van der Waals surface area contributed by atoms with Crippen molar-refractivity contribution in [1.82, 2.24) is 14.8 Å². The minimum Gasteiger partial charge on any atom is -0.496 e. The molecule has 184 valence electrons. The number of amides is 1. The highest BCUT2D eigenvalue weighted by Gasteiger charge is 2.26. The summed E-state index contributed by atoms with van der Waals surface area (Å²) >= 11 is 0. The highest BCUT2D eigenvalue weighted by molar-refractivity contribution is 5.94. The Balaban J connectivity index is 1.34. The second-order valence-electron chi connectivity index (χ2n) is 9.10. The summed E-state index contributed by atoms with van der Waals surface area (Å²) in [6, 6.07) is 16.0. The quantitative estimate of drug-likeness (QED) is 0.448. The molecule has 0 saturated carbocycles. The van der Waals surface area contributed by atoms with Gasteiger partial charge in [0.05, 0.1) is 12.7 Å². The molecular formula is C29H35N3O3. The number of hydrogen-bond donors (Lipinski definition) is 0. The van der Waals surface area contributed by atoms with Gasteiger partial charge in [-0.25, -0.2) is 4.98 Å². The highest BCUT2D eigenvalue weighted by atomic mass is 16.5. The number of pyridine rings is 1. The second-order valence-corrected chi connectivity index (χ2v) is 9.10. The van der Waals surface area contributed by atoms with Crippen molar-refractivity contribution in [3.8, 4) is 17.4 Å². The van der Waals surface area contributed by atoms with Crippen molar-refractivity contribution in [2.75, 3.05) is 33.3 Å². The molecule has 1 atom stereocenters. The Kier molecular flexibility index (Phi) is 7.71. The van der Waals surface area contributed by atoms with Crippen LogP contribution in [0.5, 0.6) is 17.4 Å². The zero-order chi connectivity index (χ0) is 24.9. The first-order chi connectivity index (χ1) is 16.9. The number of piperazine rings is 1. The minimum absolute atomic E-state index is 0.0140. The summed E-state index contributed by atoms with van der Waals surface area (Å²) in [5, 5.41) is 0. The van der Waals surface area contributed by atoms with E-state index >= 15 is 0 Å². The summed E-state index contributed by atoms with van der Waals surface area (Å²) in [5.41, 5.74) is 5.61. The third-order valence-electron chi connectivity index (χ3n) is 7.14. The second kappa shape index (κ2) is 10.9. The summed E-state index contributed by atoms with van der Waals surface area (Å²) < 4.78 is 11.3. The SMILES string of the molecule is CCc1ccc(Oc2ccc(C(=O)N3CCN(C(C)c4ccc(OC)c(C)c4C)CC3)cn2)cc1. The molecule has 35 heavy (non-hydrogen) atoms. The van der Waals surface area contributed by atoms with E-state index in [1.807, 2.05) is 29.2 Å². The van der Waals surface area contributed by atoms with E-state index in [1.165, 1.54) is 22.3 Å². The number of nitrogens with zero attached hydrogens (tertiary/aromatic N) is 3. The van der Waals surface area contributed by atoms with Crippen molar-refractivity contribution in [3.05, 3.63) is 82.5 Å². The van der Waals surface area contributed by atoms with E-state index in [9.17, 15) is 4.79 Å². The first-order valence-corrected chi connectivity index (χ1v) is 12.3. The van der Waals surface area contributed by atoms with Crippen molar-refractivity contribution in [2.24, 2.45) is 0 Å². The number of carbonyl (C=O) groups excluding carboxylic acids is 1. The molecule has 1 amide bonds. The fourth-order valence-electron chi connectivity index (χ4n) is 4.66. The van der Waals surface area contributed by atoms with Crippen LogP contribution < -0.4 is 9.47 Å². The maximum atomic E-state index is 13.1. The molecule has 4 rings (SSSR count). The zero-order valence-electron chi connectivity index (χ0n) is 21.4. The smallest absolute Gasteiger partial charge is 0.255 e. The maximum absolute atomic E-state index is 13.1. The number of methoxy groups -OCH3 is 1. The van der Waals surface area contributed by atoms with E-state index < -0.39 is 0 Å². The van der Waals surface area contributed by atoms with Crippen molar-refractivity contribution in [2.45, 2.75) is 40.2 Å². The molecule has 2 heterocycles. The number of ether oxygens (including phenoxy) is 2. The van der Waals surface area contributed by atoms with Gasteiger partial charge in [-0.2, -0.15) is 0 Å². The van der Waals surface area contributed by atoms with Gasteiger partial charge in [0.25, 0.3) is 5.91 Å². The Morgan fingerprint density at radius 1 is 0.971 bits per heavy atom. The summed E-state index contributed by atoms with van der Waals surface area (Å²) in [7, 11) is 1.71. The molecule has 0 spiro atoms. The molecule has 6 heteroatoms. The average Bonchev–Trinajstić information content (AvgIpc) is 2.90. The summed E-state index contributed by atoms with van der Waals surface area (Å²) in [6.45, 7) is 11.7. The molecular weight excluding hydrogens is 438 g/mol. The minimum atomic E-state index is 0.0140. The first-order valence-electron chi connectivity index (χ1n) is 12.3. The summed E-state index contributed by atoms with van der Waals surface area (Å²) in [6.07, 6.45) is 2.60. The average molecular weight is 474 g/mol. The van der Waals surface area contributed by atoms with Crippen molar-refractivity contribution in [1.29, 1.82) is 0 Å². The molecule has 3 aromatic rings. The maximum Gasteiger partial charge on any atom is 0.255 e. The molecule has 1 aliphatic rings. The Morgan fingerprint density at radius 3 is 2.29 bits per heavy atom. The predicted molar refractivity (Wildman–Crippen MR) is 138 cm³/mol. The Labute approximate surface area is 208 Å². The molecule has 0 radical (unpaired) electrons. The van der Waals surface area contributed by atoms with Crippen LogP contribution in [0.3, 0.4) is 0 Å². The van der Waals surface area contributed by atoms with Crippen molar-refractivity contribution < 1.29 is 14.3 Å². The van der Waals surface area contributed by atoms with Gasteiger partial charge in [0, 0.05) is 44.5 Å². The van der Waals surface area contributed by atoms with Gasteiger partial charge in [0.2, 0.25) is 5.88 Å². The van der Waals surface area contributed by atoms with Gasteiger partial charge in [-0.3, -0.25) is 9.69 Å². The van der Waals surface area contributed by atoms with Crippen LogP contribution in [-0.4, -0.2) is 54.0 Å². The number of aromatic nitrogens is 1. The van der Waals surface area contributed by atoms with Gasteiger partial charge in [-0.1, -0.05) is 25.1 Å². The van der Waals surface area contributed by atoms with Crippen LogP contribution in [0.15, 0.2) is 54.7 Å². The van der Waals surface area contributed by atoms with E-state index in [-0.39, 0.29) is 11.9 Å². The fraction of sp³-hybridized carbons (Fsp3) is 0.379. The van der Waals surface area contributed by atoms with E-state index in [4.69, 9.17) is 9.47 Å². The highest BCUT2D eigenvalue weighted by Crippen LogP contribution is 2.31. The van der Waals surface area contributed by atoms with E-state index in [1.54, 1.807) is 25.4 Å². The molecule has 1 fully saturated rings. The van der Waals surface area contributed by atoms with Crippen LogP contribution in [0, 0.1) is 13.8 Å². The van der Waals surface area contributed by atoms with Crippen LogP contribution in [0.1, 0.15) is 52.5 Å². The molecule has 1 aliphatic heterocycles. The number of benzene rings is 2. The van der Waals surface area contributed by atoms with Crippen LogP contribution in [0.2, 0.25) is 0 Å². The number of hydrogen-bond acceptors (Lipinski definition) is 5. The number of aryl methyl sites for hydroxylation is 1.